The van der Waals surface area contributed by atoms with E-state index < -0.39 is 5.97 Å². The molecule has 18 heavy (non-hydrogen) atoms. The molecule has 0 spiro atoms. The van der Waals surface area contributed by atoms with Gasteiger partial charge in [0.1, 0.15) is 10.2 Å². The number of imidazole rings is 1. The lowest BCUT2D eigenvalue weighted by Crippen LogP contribution is -2.01. The van der Waals surface area contributed by atoms with Gasteiger partial charge < -0.3 is 10.1 Å². The van der Waals surface area contributed by atoms with Gasteiger partial charge in [-0.05, 0) is 28.1 Å². The monoisotopic (exact) mass is 306 g/mol. The Hall–Kier alpha value is -2.15. The normalized spacial score (nSPS) is 10.9. The van der Waals surface area contributed by atoms with Crippen molar-refractivity contribution in [3.63, 3.8) is 0 Å². The SMILES string of the molecule is O=C(O)c1cnn(-c2nc3ccccc3[nH]2)c1Br. The standard InChI is InChI=1S/C11H7BrN4O2/c12-9-6(10(17)18)5-13-16(9)11-14-7-3-1-2-4-8(7)15-11/h1-5H,(H,14,15)(H,17,18). The number of nitrogens with one attached hydrogen (secondary N) is 1. The van der Waals surface area contributed by atoms with Crippen molar-refractivity contribution in [2.45, 2.75) is 0 Å². The van der Waals surface area contributed by atoms with E-state index in [1.54, 1.807) is 0 Å². The van der Waals surface area contributed by atoms with Crippen molar-refractivity contribution in [2.75, 3.05) is 0 Å². The second-order valence-electron chi connectivity index (χ2n) is 3.64. The zero-order valence-electron chi connectivity index (χ0n) is 8.96. The zero-order valence-corrected chi connectivity index (χ0v) is 10.5. The highest BCUT2D eigenvalue weighted by Crippen LogP contribution is 2.21. The Morgan fingerprint density at radius 3 is 2.83 bits per heavy atom. The molecule has 90 valence electrons. The third-order valence-corrected chi connectivity index (χ3v) is 3.28. The molecule has 3 aromatic rings. The van der Waals surface area contributed by atoms with Crippen LogP contribution in [0.5, 0.6) is 0 Å². The van der Waals surface area contributed by atoms with Crippen LogP contribution in [0.15, 0.2) is 35.1 Å². The topological polar surface area (TPSA) is 83.8 Å². The van der Waals surface area contributed by atoms with Crippen molar-refractivity contribution in [3.8, 4) is 5.95 Å². The average molecular weight is 307 g/mol. The molecule has 6 nitrogen and oxygen atoms in total. The fraction of sp³-hybridized carbons (Fsp3) is 0. The summed E-state index contributed by atoms with van der Waals surface area (Å²) in [7, 11) is 0. The summed E-state index contributed by atoms with van der Waals surface area (Å²) < 4.78 is 1.76. The number of nitrogens with zero attached hydrogens (tertiary/aromatic N) is 3. The van der Waals surface area contributed by atoms with Gasteiger partial charge in [-0.15, -0.1) is 0 Å². The molecule has 0 unspecified atom stereocenters. The molecule has 0 radical (unpaired) electrons. The zero-order chi connectivity index (χ0) is 12.7. The number of hydrogen-bond donors (Lipinski definition) is 2. The highest BCUT2D eigenvalue weighted by molar-refractivity contribution is 9.10. The minimum Gasteiger partial charge on any atom is -0.478 e. The fourth-order valence-corrected chi connectivity index (χ4v) is 2.20. The number of para-hydroxylation sites is 2. The molecular weight excluding hydrogens is 300 g/mol. The third-order valence-electron chi connectivity index (χ3n) is 2.52. The number of aromatic amines is 1. The lowest BCUT2D eigenvalue weighted by molar-refractivity contribution is 0.0696. The van der Waals surface area contributed by atoms with E-state index in [2.05, 4.69) is 31.0 Å². The second-order valence-corrected chi connectivity index (χ2v) is 4.39. The van der Waals surface area contributed by atoms with Crippen LogP contribution in [0.1, 0.15) is 10.4 Å². The highest BCUT2D eigenvalue weighted by Gasteiger charge is 2.17. The molecule has 0 saturated carbocycles. The number of H-pyrrole nitrogens is 1. The predicted octanol–water partition coefficient (Wildman–Crippen LogP) is 2.21. The summed E-state index contributed by atoms with van der Waals surface area (Å²) in [5, 5.41) is 12.9. The maximum atomic E-state index is 10.9. The van der Waals surface area contributed by atoms with Gasteiger partial charge in [-0.25, -0.2) is 9.78 Å². The summed E-state index contributed by atoms with van der Waals surface area (Å²) >= 11 is 3.21. The number of benzene rings is 1. The highest BCUT2D eigenvalue weighted by atomic mass is 79.9. The minimum absolute atomic E-state index is 0.0930. The molecular formula is C11H7BrN4O2. The molecule has 0 amide bonds. The molecule has 0 saturated heterocycles. The van der Waals surface area contributed by atoms with E-state index in [9.17, 15) is 4.79 Å². The van der Waals surface area contributed by atoms with Crippen LogP contribution in [0, 0.1) is 0 Å². The van der Waals surface area contributed by atoms with E-state index in [1.165, 1.54) is 10.9 Å². The molecule has 0 aliphatic carbocycles. The predicted molar refractivity (Wildman–Crippen MR) is 67.9 cm³/mol. The van der Waals surface area contributed by atoms with Gasteiger partial charge in [-0.3, -0.25) is 0 Å². The number of hydrogen-bond acceptors (Lipinski definition) is 3. The molecule has 0 atom stereocenters. The van der Waals surface area contributed by atoms with Gasteiger partial charge in [-0.1, -0.05) is 12.1 Å². The van der Waals surface area contributed by atoms with E-state index in [0.717, 1.165) is 11.0 Å². The van der Waals surface area contributed by atoms with Gasteiger partial charge >= 0.3 is 5.97 Å². The van der Waals surface area contributed by atoms with Crippen LogP contribution in [0.3, 0.4) is 0 Å². The Morgan fingerprint density at radius 2 is 2.17 bits per heavy atom. The molecule has 0 aliphatic rings. The molecule has 3 rings (SSSR count). The molecule has 1 aromatic carbocycles. The number of carboxylic acid groups (broad SMARTS) is 1. The number of carboxylic acids is 1. The Kier molecular flexibility index (Phi) is 2.41. The molecule has 2 heterocycles. The van der Waals surface area contributed by atoms with E-state index in [1.807, 2.05) is 24.3 Å². The number of carbonyl (C=O) groups is 1. The Morgan fingerprint density at radius 1 is 1.39 bits per heavy atom. The average Bonchev–Trinajstić information content (AvgIpc) is 2.91. The minimum atomic E-state index is -1.04. The van der Waals surface area contributed by atoms with Crippen LogP contribution >= 0.6 is 15.9 Å². The van der Waals surface area contributed by atoms with Crippen molar-refractivity contribution in [2.24, 2.45) is 0 Å². The Bertz CT molecular complexity index is 713. The molecule has 7 heteroatoms. The first-order valence-corrected chi connectivity index (χ1v) is 5.88. The molecule has 2 N–H and O–H groups in total. The number of aromatic carboxylic acids is 1. The van der Waals surface area contributed by atoms with Crippen LogP contribution in [0.25, 0.3) is 17.0 Å². The smallest absolute Gasteiger partial charge is 0.340 e. The van der Waals surface area contributed by atoms with Gasteiger partial charge in [-0.2, -0.15) is 9.78 Å². The number of fused-ring (bicyclic) bond motifs is 1. The molecule has 0 aliphatic heterocycles. The third kappa shape index (κ3) is 1.60. The maximum Gasteiger partial charge on any atom is 0.340 e. The van der Waals surface area contributed by atoms with E-state index >= 15 is 0 Å². The van der Waals surface area contributed by atoms with Gasteiger partial charge in [0.05, 0.1) is 17.2 Å². The van der Waals surface area contributed by atoms with E-state index in [4.69, 9.17) is 5.11 Å². The van der Waals surface area contributed by atoms with Crippen LogP contribution < -0.4 is 0 Å². The first-order valence-electron chi connectivity index (χ1n) is 5.09. The van der Waals surface area contributed by atoms with Crippen molar-refractivity contribution in [1.82, 2.24) is 19.7 Å². The Balaban J connectivity index is 2.17. The Labute approximate surface area is 109 Å². The van der Waals surface area contributed by atoms with Crippen molar-refractivity contribution in [1.29, 1.82) is 0 Å². The quantitative estimate of drug-likeness (QED) is 0.760. The maximum absolute atomic E-state index is 10.9. The van der Waals surface area contributed by atoms with Crippen LogP contribution in [0.2, 0.25) is 0 Å². The van der Waals surface area contributed by atoms with E-state index in [0.29, 0.717) is 10.6 Å². The second kappa shape index (κ2) is 3.95. The van der Waals surface area contributed by atoms with Gasteiger partial charge in [0.2, 0.25) is 5.95 Å². The summed E-state index contributed by atoms with van der Waals surface area (Å²) in [6, 6.07) is 7.53. The molecule has 0 bridgehead atoms. The first kappa shape index (κ1) is 11.0. The number of halogens is 1. The van der Waals surface area contributed by atoms with E-state index in [-0.39, 0.29) is 5.56 Å². The largest absolute Gasteiger partial charge is 0.478 e. The van der Waals surface area contributed by atoms with Crippen molar-refractivity contribution < 1.29 is 9.90 Å². The summed E-state index contributed by atoms with van der Waals surface area (Å²) in [6.45, 7) is 0. The fourth-order valence-electron chi connectivity index (χ4n) is 1.66. The van der Waals surface area contributed by atoms with Crippen LogP contribution in [0.4, 0.5) is 0 Å². The van der Waals surface area contributed by atoms with Crippen molar-refractivity contribution in [3.05, 3.63) is 40.6 Å². The van der Waals surface area contributed by atoms with Crippen molar-refractivity contribution >= 4 is 32.9 Å². The first-order chi connectivity index (χ1) is 8.66. The molecule has 2 aromatic heterocycles. The number of rotatable bonds is 2. The van der Waals surface area contributed by atoms with Crippen LogP contribution in [-0.2, 0) is 0 Å². The molecule has 0 fully saturated rings. The summed E-state index contributed by atoms with van der Waals surface area (Å²) in [6.07, 6.45) is 1.28. The van der Waals surface area contributed by atoms with Crippen LogP contribution in [-0.4, -0.2) is 30.8 Å². The summed E-state index contributed by atoms with van der Waals surface area (Å²) in [5.41, 5.74) is 1.76. The van der Waals surface area contributed by atoms with Gasteiger partial charge in [0, 0.05) is 0 Å². The summed E-state index contributed by atoms with van der Waals surface area (Å²) in [4.78, 5) is 18.3. The van der Waals surface area contributed by atoms with Gasteiger partial charge in [0.15, 0.2) is 0 Å². The lowest BCUT2D eigenvalue weighted by Gasteiger charge is -1.97. The summed E-state index contributed by atoms with van der Waals surface area (Å²) in [5.74, 6) is -0.570. The number of aromatic nitrogens is 4. The lowest BCUT2D eigenvalue weighted by atomic mass is 10.3. The van der Waals surface area contributed by atoms with Gasteiger partial charge in [0.25, 0.3) is 0 Å².